The predicted octanol–water partition coefficient (Wildman–Crippen LogP) is 6.23. The summed E-state index contributed by atoms with van der Waals surface area (Å²) < 4.78 is 6.95. The van der Waals surface area contributed by atoms with Gasteiger partial charge < -0.3 is 10.1 Å². The van der Waals surface area contributed by atoms with Crippen LogP contribution >= 0.6 is 0 Å². The minimum Gasteiger partial charge on any atom is -0.380 e. The normalized spacial score (nSPS) is 21.1. The maximum atomic E-state index is 6.95. The van der Waals surface area contributed by atoms with Gasteiger partial charge in [0, 0.05) is 18.0 Å². The van der Waals surface area contributed by atoms with Crippen molar-refractivity contribution in [2.24, 2.45) is 11.8 Å². The molecule has 2 heteroatoms. The van der Waals surface area contributed by atoms with Gasteiger partial charge in [0.05, 0.1) is 13.2 Å². The molecule has 168 valence electrons. The molecule has 0 aliphatic heterocycles. The third kappa shape index (κ3) is 4.12. The van der Waals surface area contributed by atoms with Crippen molar-refractivity contribution in [1.29, 1.82) is 0 Å². The van der Waals surface area contributed by atoms with Gasteiger partial charge in [0.25, 0.3) is 0 Å². The van der Waals surface area contributed by atoms with Gasteiger partial charge in [-0.3, -0.25) is 0 Å². The molecule has 0 amide bonds. The van der Waals surface area contributed by atoms with E-state index < -0.39 is 5.60 Å². The Labute approximate surface area is 202 Å². The van der Waals surface area contributed by atoms with Gasteiger partial charge >= 0.3 is 0 Å². The molecule has 0 radical (unpaired) electrons. The molecule has 3 aromatic carbocycles. The third-order valence-electron chi connectivity index (χ3n) is 6.82. The molecule has 2 atom stereocenters. The van der Waals surface area contributed by atoms with Crippen LogP contribution in [0.3, 0.4) is 0 Å². The lowest BCUT2D eigenvalue weighted by atomic mass is 9.80. The van der Waals surface area contributed by atoms with Crippen LogP contribution in [0.25, 0.3) is 0 Å². The number of hydrogen-bond acceptors (Lipinski definition) is 2. The number of fused-ring (bicyclic) bond motifs is 2. The number of rotatable bonds is 8. The summed E-state index contributed by atoms with van der Waals surface area (Å²) in [5, 5.41) is 3.26. The summed E-state index contributed by atoms with van der Waals surface area (Å²) in [6.45, 7) is 1.03. The number of allylic oxidation sites excluding steroid dienone is 4. The third-order valence-corrected chi connectivity index (χ3v) is 6.82. The molecule has 0 saturated heterocycles. The summed E-state index contributed by atoms with van der Waals surface area (Å²) >= 11 is 0. The molecule has 2 aliphatic carbocycles. The van der Waals surface area contributed by atoms with Crippen LogP contribution in [0.1, 0.15) is 23.1 Å². The largest absolute Gasteiger partial charge is 0.380 e. The first-order valence-electron chi connectivity index (χ1n) is 11.9. The quantitative estimate of drug-likeness (QED) is 0.193. The number of ether oxygens (including phenoxy) is 1. The lowest BCUT2D eigenvalue weighted by Crippen LogP contribution is -2.33. The summed E-state index contributed by atoms with van der Waals surface area (Å²) in [6, 6.07) is 31.6. The summed E-state index contributed by atoms with van der Waals surface area (Å²) in [7, 11) is 0. The van der Waals surface area contributed by atoms with Gasteiger partial charge in [0.15, 0.2) is 0 Å². The van der Waals surface area contributed by atoms with Crippen molar-refractivity contribution < 1.29 is 4.74 Å². The van der Waals surface area contributed by atoms with Crippen molar-refractivity contribution >= 4 is 0 Å². The molecule has 0 heterocycles. The fourth-order valence-corrected chi connectivity index (χ4v) is 5.29. The van der Waals surface area contributed by atoms with Crippen molar-refractivity contribution in [2.75, 3.05) is 13.2 Å². The van der Waals surface area contributed by atoms with E-state index in [0.29, 0.717) is 25.0 Å². The molecule has 1 saturated carbocycles. The zero-order valence-corrected chi connectivity index (χ0v) is 19.2. The second kappa shape index (κ2) is 10.00. The minimum atomic E-state index is -0.708. The topological polar surface area (TPSA) is 21.3 Å². The molecule has 3 aromatic rings. The van der Waals surface area contributed by atoms with E-state index in [0.717, 1.165) is 23.1 Å². The van der Waals surface area contributed by atoms with Crippen molar-refractivity contribution in [3.8, 4) is 12.3 Å². The van der Waals surface area contributed by atoms with Gasteiger partial charge in [-0.2, -0.15) is 0 Å². The Balaban J connectivity index is 1.54. The Kier molecular flexibility index (Phi) is 6.47. The second-order valence-electron chi connectivity index (χ2n) is 8.77. The Morgan fingerprint density at radius 3 is 1.79 bits per heavy atom. The summed E-state index contributed by atoms with van der Waals surface area (Å²) in [6.07, 6.45) is 15.6. The van der Waals surface area contributed by atoms with E-state index in [1.165, 1.54) is 11.1 Å². The highest BCUT2D eigenvalue weighted by Gasteiger charge is 2.38. The van der Waals surface area contributed by atoms with Gasteiger partial charge in [-0.15, -0.1) is 6.42 Å². The predicted molar refractivity (Wildman–Crippen MR) is 139 cm³/mol. The van der Waals surface area contributed by atoms with Gasteiger partial charge in [-0.25, -0.2) is 0 Å². The summed E-state index contributed by atoms with van der Waals surface area (Å²) in [5.41, 5.74) is 5.32. The Bertz CT molecular complexity index is 1140. The Morgan fingerprint density at radius 1 is 0.794 bits per heavy atom. The van der Waals surface area contributed by atoms with Crippen molar-refractivity contribution in [2.45, 2.75) is 12.0 Å². The molecule has 34 heavy (non-hydrogen) atoms. The van der Waals surface area contributed by atoms with Gasteiger partial charge in [0.2, 0.25) is 0 Å². The first kappa shape index (κ1) is 22.0. The molecule has 0 unspecified atom stereocenters. The first-order chi connectivity index (χ1) is 16.8. The van der Waals surface area contributed by atoms with Crippen LogP contribution in [0, 0.1) is 24.2 Å². The van der Waals surface area contributed by atoms with Crippen LogP contribution in [0.15, 0.2) is 127 Å². The monoisotopic (exact) mass is 443 g/mol. The SMILES string of the molecule is C#CCN/C=C1/C(=C/COC(c2ccccc2)(c2ccccc2)c2ccccc2)[C@@H]2C=C[C@H]1C2. The van der Waals surface area contributed by atoms with E-state index in [1.54, 1.807) is 0 Å². The highest BCUT2D eigenvalue weighted by Crippen LogP contribution is 2.47. The van der Waals surface area contributed by atoms with Gasteiger partial charge in [-0.05, 0) is 34.3 Å². The highest BCUT2D eigenvalue weighted by molar-refractivity contribution is 5.49. The number of terminal acetylenes is 1. The maximum absolute atomic E-state index is 6.95. The van der Waals surface area contributed by atoms with E-state index in [4.69, 9.17) is 11.2 Å². The van der Waals surface area contributed by atoms with Gasteiger partial charge in [-0.1, -0.05) is 115 Å². The summed E-state index contributed by atoms with van der Waals surface area (Å²) in [4.78, 5) is 0. The van der Waals surface area contributed by atoms with Crippen molar-refractivity contribution in [3.63, 3.8) is 0 Å². The molecule has 2 bridgehead atoms. The van der Waals surface area contributed by atoms with E-state index in [9.17, 15) is 0 Å². The maximum Gasteiger partial charge on any atom is 0.144 e. The molecule has 2 aliphatic rings. The second-order valence-corrected chi connectivity index (χ2v) is 8.77. The average Bonchev–Trinajstić information content (AvgIpc) is 3.51. The standard InChI is InChI=1S/C32H29NO/c1-2-21-33-24-31-26-19-18-25(23-26)30(31)20-22-34-32(27-12-6-3-7-13-27,28-14-8-4-9-15-28)29-16-10-5-11-17-29/h1,3-20,24-26,33H,21-23H2/b30-20+,31-24+/t25-,26+/m1/s1. The van der Waals surface area contributed by atoms with Crippen LogP contribution in [-0.4, -0.2) is 13.2 Å². The van der Waals surface area contributed by atoms with Crippen LogP contribution < -0.4 is 5.32 Å². The van der Waals surface area contributed by atoms with Crippen LogP contribution in [0.4, 0.5) is 0 Å². The van der Waals surface area contributed by atoms with E-state index >= 15 is 0 Å². The molecular weight excluding hydrogens is 414 g/mol. The molecule has 0 spiro atoms. The Morgan fingerprint density at radius 2 is 1.29 bits per heavy atom. The molecule has 1 fully saturated rings. The molecule has 1 N–H and O–H groups in total. The lowest BCUT2D eigenvalue weighted by molar-refractivity contribution is 0.0316. The fraction of sp³-hybridized carbons (Fsp3) is 0.188. The van der Waals surface area contributed by atoms with E-state index in [-0.39, 0.29) is 0 Å². The molecule has 2 nitrogen and oxygen atoms in total. The molecular formula is C32H29NO. The Hall–Kier alpha value is -3.80. The van der Waals surface area contributed by atoms with Crippen molar-refractivity contribution in [1.82, 2.24) is 5.32 Å². The average molecular weight is 444 g/mol. The molecule has 5 rings (SSSR count). The van der Waals surface area contributed by atoms with Crippen LogP contribution in [0.5, 0.6) is 0 Å². The fourth-order valence-electron chi connectivity index (χ4n) is 5.29. The zero-order chi connectivity index (χ0) is 23.2. The minimum absolute atomic E-state index is 0.451. The first-order valence-corrected chi connectivity index (χ1v) is 11.9. The zero-order valence-electron chi connectivity index (χ0n) is 19.2. The summed E-state index contributed by atoms with van der Waals surface area (Å²) in [5.74, 6) is 3.56. The number of nitrogens with one attached hydrogen (secondary N) is 1. The van der Waals surface area contributed by atoms with E-state index in [2.05, 4.69) is 108 Å². The lowest BCUT2D eigenvalue weighted by Gasteiger charge is -2.35. The van der Waals surface area contributed by atoms with Crippen molar-refractivity contribution in [3.05, 3.63) is 143 Å². The van der Waals surface area contributed by atoms with E-state index in [1.807, 2.05) is 18.2 Å². The molecule has 0 aromatic heterocycles. The van der Waals surface area contributed by atoms with Crippen LogP contribution in [0.2, 0.25) is 0 Å². The number of benzene rings is 3. The van der Waals surface area contributed by atoms with Crippen LogP contribution in [-0.2, 0) is 10.3 Å². The smallest absolute Gasteiger partial charge is 0.144 e. The highest BCUT2D eigenvalue weighted by atomic mass is 16.5. The number of hydrogen-bond donors (Lipinski definition) is 1. The van der Waals surface area contributed by atoms with Gasteiger partial charge in [0.1, 0.15) is 5.60 Å².